The smallest absolute Gasteiger partial charge is 0.301 e. The number of imidazole rings is 1. The minimum Gasteiger partial charge on any atom is -0.505 e. The molecular formula is C32H34N4O6S. The summed E-state index contributed by atoms with van der Waals surface area (Å²) in [6, 6.07) is 7.84. The van der Waals surface area contributed by atoms with Crippen LogP contribution in [0, 0.1) is 26.7 Å². The molecule has 3 aromatic heterocycles. The number of aromatic nitrogens is 3. The van der Waals surface area contributed by atoms with Gasteiger partial charge in [-0.25, -0.2) is 9.97 Å². The number of benzene rings is 1. The third-order valence-electron chi connectivity index (χ3n) is 7.52. The van der Waals surface area contributed by atoms with Gasteiger partial charge in [-0.05, 0) is 62.4 Å². The van der Waals surface area contributed by atoms with Crippen LogP contribution in [-0.4, -0.2) is 50.7 Å². The van der Waals surface area contributed by atoms with Gasteiger partial charge >= 0.3 is 5.91 Å². The summed E-state index contributed by atoms with van der Waals surface area (Å²) in [5.41, 5.74) is 3.11. The quantitative estimate of drug-likeness (QED) is 0.107. The Morgan fingerprint density at radius 1 is 1.12 bits per heavy atom. The largest absolute Gasteiger partial charge is 0.505 e. The number of pyridine rings is 1. The predicted octanol–water partition coefficient (Wildman–Crippen LogP) is 5.98. The van der Waals surface area contributed by atoms with Crippen molar-refractivity contribution in [3.05, 3.63) is 75.2 Å². The highest BCUT2D eigenvalue weighted by molar-refractivity contribution is 7.18. The summed E-state index contributed by atoms with van der Waals surface area (Å²) in [5, 5.41) is 11.9. The summed E-state index contributed by atoms with van der Waals surface area (Å²) in [5.74, 6) is -0.977. The van der Waals surface area contributed by atoms with Gasteiger partial charge < -0.3 is 19.0 Å². The van der Waals surface area contributed by atoms with Crippen molar-refractivity contribution < 1.29 is 29.0 Å². The number of hydrogen-bond donors (Lipinski definition) is 1. The van der Waals surface area contributed by atoms with E-state index in [4.69, 9.17) is 9.47 Å². The second-order valence-electron chi connectivity index (χ2n) is 11.0. The molecule has 11 heteroatoms. The molecular weight excluding hydrogens is 568 g/mol. The minimum atomic E-state index is -1.07. The Kier molecular flexibility index (Phi) is 8.11. The van der Waals surface area contributed by atoms with Crippen LogP contribution in [0.3, 0.4) is 0 Å². The van der Waals surface area contributed by atoms with Crippen LogP contribution in [0.15, 0.2) is 42.1 Å². The van der Waals surface area contributed by atoms with E-state index < -0.39 is 23.5 Å². The molecule has 224 valence electrons. The number of anilines is 1. The molecule has 10 nitrogen and oxygen atoms in total. The fourth-order valence-corrected chi connectivity index (χ4v) is 6.20. The number of aryl methyl sites for hydroxylation is 3. The fraction of sp³-hybridized carbons (Fsp3) is 0.344. The minimum absolute atomic E-state index is 0.137. The van der Waals surface area contributed by atoms with Gasteiger partial charge in [-0.1, -0.05) is 37.3 Å². The van der Waals surface area contributed by atoms with Crippen LogP contribution >= 0.6 is 11.3 Å². The molecule has 1 unspecified atom stereocenters. The number of Topliss-reactive ketones (excluding diaryl/α,β-unsaturated/α-hetero) is 2. The molecule has 4 aromatic rings. The van der Waals surface area contributed by atoms with E-state index in [1.54, 1.807) is 32.0 Å². The molecule has 0 radical (unpaired) electrons. The van der Waals surface area contributed by atoms with Crippen molar-refractivity contribution in [2.45, 2.75) is 54.0 Å². The standard InChI is InChI=1S/C32H34N4O6S/c1-16(2)12-14-42-22-11-10-21(15-23(22)41-7)26-24(27(38)25-19(5)35-13-8-9-17(3)30(35)34-25)28(39)31(40)36(26)32-33-18(4)29(43-32)20(6)37/h8-11,13,15-16,26,38H,12,14H2,1-7H3. The molecule has 1 N–H and O–H groups in total. The number of aliphatic hydroxyl groups excluding tert-OH is 1. The molecule has 0 saturated carbocycles. The molecule has 0 aliphatic carbocycles. The number of carbonyl (C=O) groups excluding carboxylic acids is 3. The number of nitrogens with zero attached hydrogens (tertiary/aromatic N) is 4. The Morgan fingerprint density at radius 2 is 1.86 bits per heavy atom. The molecule has 1 fully saturated rings. The van der Waals surface area contributed by atoms with E-state index in [1.807, 2.05) is 29.7 Å². The first-order chi connectivity index (χ1) is 20.4. The highest BCUT2D eigenvalue weighted by Crippen LogP contribution is 2.45. The molecule has 0 bridgehead atoms. The van der Waals surface area contributed by atoms with Crippen molar-refractivity contribution in [3.63, 3.8) is 0 Å². The molecule has 1 aromatic carbocycles. The van der Waals surface area contributed by atoms with Crippen molar-refractivity contribution >= 4 is 45.3 Å². The maximum absolute atomic E-state index is 13.7. The first-order valence-electron chi connectivity index (χ1n) is 14.0. The Bertz CT molecular complexity index is 1800. The number of amides is 1. The zero-order chi connectivity index (χ0) is 31.2. The summed E-state index contributed by atoms with van der Waals surface area (Å²) in [6.45, 7) is 11.5. The molecule has 1 atom stereocenters. The lowest BCUT2D eigenvalue weighted by Gasteiger charge is -2.24. The van der Waals surface area contributed by atoms with Crippen molar-refractivity contribution in [2.24, 2.45) is 5.92 Å². The monoisotopic (exact) mass is 602 g/mol. The highest BCUT2D eigenvalue weighted by atomic mass is 32.1. The van der Waals surface area contributed by atoms with Crippen molar-refractivity contribution in [1.29, 1.82) is 0 Å². The fourth-order valence-electron chi connectivity index (χ4n) is 5.21. The number of carbonyl (C=O) groups is 3. The molecule has 5 rings (SSSR count). The predicted molar refractivity (Wildman–Crippen MR) is 164 cm³/mol. The number of aliphatic hydroxyl groups is 1. The number of hydrogen-bond acceptors (Lipinski definition) is 9. The first-order valence-corrected chi connectivity index (χ1v) is 14.8. The van der Waals surface area contributed by atoms with E-state index in [-0.39, 0.29) is 22.2 Å². The Morgan fingerprint density at radius 3 is 2.49 bits per heavy atom. The summed E-state index contributed by atoms with van der Waals surface area (Å²) < 4.78 is 13.4. The Labute approximate surface area is 253 Å². The number of fused-ring (bicyclic) bond motifs is 1. The van der Waals surface area contributed by atoms with Crippen LogP contribution in [0.5, 0.6) is 11.5 Å². The van der Waals surface area contributed by atoms with Crippen molar-refractivity contribution in [3.8, 4) is 11.5 Å². The van der Waals surface area contributed by atoms with Gasteiger partial charge in [-0.15, -0.1) is 0 Å². The average Bonchev–Trinajstić information content (AvgIpc) is 3.60. The SMILES string of the molecule is COc1cc(C2C(=C(O)c3nc4c(C)cccn4c3C)C(=O)C(=O)N2c2nc(C)c(C(C)=O)s2)ccc1OCCC(C)C. The van der Waals surface area contributed by atoms with Gasteiger partial charge in [0, 0.05) is 13.1 Å². The molecule has 1 aliphatic rings. The molecule has 1 aliphatic heterocycles. The van der Waals surface area contributed by atoms with E-state index in [0.717, 1.165) is 23.3 Å². The van der Waals surface area contributed by atoms with E-state index in [2.05, 4.69) is 23.8 Å². The number of ketones is 2. The van der Waals surface area contributed by atoms with Crippen LogP contribution < -0.4 is 14.4 Å². The third-order valence-corrected chi connectivity index (χ3v) is 8.78. The number of thiazole rings is 1. The molecule has 43 heavy (non-hydrogen) atoms. The van der Waals surface area contributed by atoms with Gasteiger partial charge in [0.25, 0.3) is 5.78 Å². The van der Waals surface area contributed by atoms with Gasteiger partial charge in [0.15, 0.2) is 28.2 Å². The number of methoxy groups -OCH3 is 1. The van der Waals surface area contributed by atoms with Gasteiger partial charge in [0.1, 0.15) is 11.3 Å². The van der Waals surface area contributed by atoms with Gasteiger partial charge in [0.2, 0.25) is 0 Å². The topological polar surface area (TPSA) is 123 Å². The maximum atomic E-state index is 13.7. The average molecular weight is 603 g/mol. The molecule has 0 spiro atoms. The van der Waals surface area contributed by atoms with E-state index in [1.165, 1.54) is 18.9 Å². The maximum Gasteiger partial charge on any atom is 0.301 e. The van der Waals surface area contributed by atoms with Gasteiger partial charge in [0.05, 0.1) is 41.6 Å². The lowest BCUT2D eigenvalue weighted by atomic mass is 9.96. The highest BCUT2D eigenvalue weighted by Gasteiger charge is 2.49. The molecule has 4 heterocycles. The lowest BCUT2D eigenvalue weighted by molar-refractivity contribution is -0.132. The Balaban J connectivity index is 1.71. The van der Waals surface area contributed by atoms with Crippen LogP contribution in [0.4, 0.5) is 5.13 Å². The normalized spacial score (nSPS) is 16.5. The number of rotatable bonds is 9. The van der Waals surface area contributed by atoms with E-state index in [0.29, 0.717) is 51.5 Å². The first kappa shape index (κ1) is 30.0. The molecule has 1 amide bonds. The second kappa shape index (κ2) is 11.6. The van der Waals surface area contributed by atoms with E-state index >= 15 is 0 Å². The lowest BCUT2D eigenvalue weighted by Crippen LogP contribution is -2.29. The summed E-state index contributed by atoms with van der Waals surface area (Å²) >= 11 is 1.03. The van der Waals surface area contributed by atoms with Gasteiger partial charge in [-0.2, -0.15) is 0 Å². The summed E-state index contributed by atoms with van der Waals surface area (Å²) in [6.07, 6.45) is 2.67. The van der Waals surface area contributed by atoms with Crippen LogP contribution in [0.2, 0.25) is 0 Å². The van der Waals surface area contributed by atoms with Crippen molar-refractivity contribution in [2.75, 3.05) is 18.6 Å². The van der Waals surface area contributed by atoms with Gasteiger partial charge in [-0.3, -0.25) is 19.3 Å². The summed E-state index contributed by atoms with van der Waals surface area (Å²) in [4.78, 5) is 50.5. The van der Waals surface area contributed by atoms with Crippen LogP contribution in [0.1, 0.15) is 71.1 Å². The zero-order valence-electron chi connectivity index (χ0n) is 25.2. The molecule has 1 saturated heterocycles. The third kappa shape index (κ3) is 5.29. The zero-order valence-corrected chi connectivity index (χ0v) is 26.0. The van der Waals surface area contributed by atoms with Crippen LogP contribution in [-0.2, 0) is 9.59 Å². The van der Waals surface area contributed by atoms with Crippen LogP contribution in [0.25, 0.3) is 11.4 Å². The second-order valence-corrected chi connectivity index (χ2v) is 12.0. The van der Waals surface area contributed by atoms with E-state index in [9.17, 15) is 19.5 Å². The van der Waals surface area contributed by atoms with Crippen molar-refractivity contribution in [1.82, 2.24) is 14.4 Å². The Hall–Kier alpha value is -4.51. The number of ether oxygens (including phenoxy) is 2. The summed E-state index contributed by atoms with van der Waals surface area (Å²) in [7, 11) is 1.51.